The maximum absolute atomic E-state index is 11.9. The Balaban J connectivity index is 1.78. The van der Waals surface area contributed by atoms with Crippen LogP contribution in [-0.4, -0.2) is 11.9 Å². The summed E-state index contributed by atoms with van der Waals surface area (Å²) in [4.78, 5) is 11.9. The van der Waals surface area contributed by atoms with Crippen molar-refractivity contribution in [2.75, 3.05) is 0 Å². The standard InChI is InChI=1S/C17H26N2O/c1-12(2)14-8-6-13(7-9-14)11-19-17(20)10-15-4-3-5-16(15)18/h6-9,12,15-16H,3-5,10-11,18H2,1-2H3,(H,19,20)/t15-,16+/m0/s1. The number of carbonyl (C=O) groups excluding carboxylic acids is 1. The average Bonchev–Trinajstić information content (AvgIpc) is 2.82. The summed E-state index contributed by atoms with van der Waals surface area (Å²) in [5.41, 5.74) is 8.48. The molecule has 0 radical (unpaired) electrons. The van der Waals surface area contributed by atoms with Crippen LogP contribution in [0.1, 0.15) is 56.6 Å². The molecule has 20 heavy (non-hydrogen) atoms. The molecular formula is C17H26N2O. The van der Waals surface area contributed by atoms with E-state index >= 15 is 0 Å². The van der Waals surface area contributed by atoms with E-state index in [1.165, 1.54) is 5.56 Å². The van der Waals surface area contributed by atoms with E-state index in [9.17, 15) is 4.79 Å². The Bertz CT molecular complexity index is 439. The largest absolute Gasteiger partial charge is 0.352 e. The molecule has 1 fully saturated rings. The summed E-state index contributed by atoms with van der Waals surface area (Å²) in [6.07, 6.45) is 3.90. The lowest BCUT2D eigenvalue weighted by Crippen LogP contribution is -2.31. The molecule has 3 nitrogen and oxygen atoms in total. The quantitative estimate of drug-likeness (QED) is 0.867. The summed E-state index contributed by atoms with van der Waals surface area (Å²) in [6.45, 7) is 4.97. The van der Waals surface area contributed by atoms with Crippen LogP contribution in [-0.2, 0) is 11.3 Å². The minimum atomic E-state index is 0.125. The van der Waals surface area contributed by atoms with Gasteiger partial charge in [0.15, 0.2) is 0 Å². The van der Waals surface area contributed by atoms with Gasteiger partial charge in [0.05, 0.1) is 0 Å². The van der Waals surface area contributed by atoms with Crippen molar-refractivity contribution >= 4 is 5.91 Å². The molecule has 0 bridgehead atoms. The lowest BCUT2D eigenvalue weighted by Gasteiger charge is -2.15. The van der Waals surface area contributed by atoms with Crippen molar-refractivity contribution < 1.29 is 4.79 Å². The third kappa shape index (κ3) is 4.07. The average molecular weight is 274 g/mol. The molecule has 2 atom stereocenters. The first-order valence-corrected chi connectivity index (χ1v) is 7.67. The van der Waals surface area contributed by atoms with Crippen molar-refractivity contribution in [1.82, 2.24) is 5.32 Å². The van der Waals surface area contributed by atoms with Gasteiger partial charge in [-0.15, -0.1) is 0 Å². The number of amides is 1. The number of nitrogens with two attached hydrogens (primary N) is 1. The minimum absolute atomic E-state index is 0.125. The Morgan fingerprint density at radius 3 is 2.55 bits per heavy atom. The maximum Gasteiger partial charge on any atom is 0.220 e. The molecule has 1 saturated carbocycles. The van der Waals surface area contributed by atoms with E-state index in [2.05, 4.69) is 43.4 Å². The first kappa shape index (κ1) is 15.0. The van der Waals surface area contributed by atoms with E-state index in [0.717, 1.165) is 24.8 Å². The molecule has 1 aromatic carbocycles. The van der Waals surface area contributed by atoms with Gasteiger partial charge >= 0.3 is 0 Å². The zero-order chi connectivity index (χ0) is 14.5. The Labute approximate surface area is 121 Å². The summed E-state index contributed by atoms with van der Waals surface area (Å²) >= 11 is 0. The van der Waals surface area contributed by atoms with Gasteiger partial charge in [-0.3, -0.25) is 4.79 Å². The monoisotopic (exact) mass is 274 g/mol. The zero-order valence-corrected chi connectivity index (χ0v) is 12.6. The number of carbonyl (C=O) groups is 1. The van der Waals surface area contributed by atoms with Gasteiger partial charge in [-0.25, -0.2) is 0 Å². The molecule has 0 saturated heterocycles. The molecule has 3 heteroatoms. The van der Waals surface area contributed by atoms with Crippen LogP contribution in [0, 0.1) is 5.92 Å². The molecule has 0 heterocycles. The molecule has 2 rings (SSSR count). The van der Waals surface area contributed by atoms with Crippen molar-refractivity contribution in [3.63, 3.8) is 0 Å². The van der Waals surface area contributed by atoms with Crippen LogP contribution >= 0.6 is 0 Å². The highest BCUT2D eigenvalue weighted by Gasteiger charge is 2.25. The molecule has 1 amide bonds. The summed E-state index contributed by atoms with van der Waals surface area (Å²) in [7, 11) is 0. The molecule has 0 spiro atoms. The Kier molecular flexibility index (Phi) is 5.18. The lowest BCUT2D eigenvalue weighted by atomic mass is 9.99. The third-order valence-electron chi connectivity index (χ3n) is 4.30. The fourth-order valence-electron chi connectivity index (χ4n) is 2.85. The number of nitrogens with one attached hydrogen (secondary N) is 1. The van der Waals surface area contributed by atoms with Crippen molar-refractivity contribution in [3.05, 3.63) is 35.4 Å². The highest BCUT2D eigenvalue weighted by atomic mass is 16.1. The predicted octanol–water partition coefficient (Wildman–Crippen LogP) is 2.94. The summed E-state index contributed by atoms with van der Waals surface area (Å²) in [5.74, 6) is 1.04. The molecule has 0 aromatic heterocycles. The molecule has 1 aliphatic rings. The van der Waals surface area contributed by atoms with Crippen molar-refractivity contribution in [2.24, 2.45) is 11.7 Å². The second-order valence-corrected chi connectivity index (χ2v) is 6.23. The smallest absolute Gasteiger partial charge is 0.220 e. The Morgan fingerprint density at radius 1 is 1.30 bits per heavy atom. The lowest BCUT2D eigenvalue weighted by molar-refractivity contribution is -0.122. The van der Waals surface area contributed by atoms with E-state index in [0.29, 0.717) is 24.8 Å². The van der Waals surface area contributed by atoms with Gasteiger partial charge in [-0.2, -0.15) is 0 Å². The topological polar surface area (TPSA) is 55.1 Å². The van der Waals surface area contributed by atoms with Crippen LogP contribution in [0.4, 0.5) is 0 Å². The van der Waals surface area contributed by atoms with Gasteiger partial charge in [-0.1, -0.05) is 44.5 Å². The van der Waals surface area contributed by atoms with E-state index in [4.69, 9.17) is 5.73 Å². The van der Waals surface area contributed by atoms with Crippen molar-refractivity contribution in [2.45, 2.75) is 58.0 Å². The van der Waals surface area contributed by atoms with Crippen LogP contribution in [0.5, 0.6) is 0 Å². The van der Waals surface area contributed by atoms with Gasteiger partial charge < -0.3 is 11.1 Å². The molecule has 110 valence electrons. The Hall–Kier alpha value is -1.35. The maximum atomic E-state index is 11.9. The molecule has 0 unspecified atom stereocenters. The minimum Gasteiger partial charge on any atom is -0.352 e. The molecule has 3 N–H and O–H groups in total. The van der Waals surface area contributed by atoms with Gasteiger partial charge in [0.2, 0.25) is 5.91 Å². The first-order chi connectivity index (χ1) is 9.56. The number of rotatable bonds is 5. The zero-order valence-electron chi connectivity index (χ0n) is 12.6. The second-order valence-electron chi connectivity index (χ2n) is 6.23. The Morgan fingerprint density at radius 2 is 2.00 bits per heavy atom. The van der Waals surface area contributed by atoms with E-state index in [1.807, 2.05) is 0 Å². The molecule has 0 aliphatic heterocycles. The third-order valence-corrected chi connectivity index (χ3v) is 4.30. The van der Waals surface area contributed by atoms with E-state index < -0.39 is 0 Å². The van der Waals surface area contributed by atoms with Crippen LogP contribution < -0.4 is 11.1 Å². The molecular weight excluding hydrogens is 248 g/mol. The van der Waals surface area contributed by atoms with Crippen LogP contribution in [0.25, 0.3) is 0 Å². The summed E-state index contributed by atoms with van der Waals surface area (Å²) in [6, 6.07) is 8.68. The van der Waals surface area contributed by atoms with Crippen LogP contribution in [0.2, 0.25) is 0 Å². The fourth-order valence-corrected chi connectivity index (χ4v) is 2.85. The van der Waals surface area contributed by atoms with Crippen LogP contribution in [0.3, 0.4) is 0 Å². The fraction of sp³-hybridized carbons (Fsp3) is 0.588. The van der Waals surface area contributed by atoms with Crippen LogP contribution in [0.15, 0.2) is 24.3 Å². The van der Waals surface area contributed by atoms with Crippen molar-refractivity contribution in [1.29, 1.82) is 0 Å². The highest BCUT2D eigenvalue weighted by molar-refractivity contribution is 5.76. The summed E-state index contributed by atoms with van der Waals surface area (Å²) in [5, 5.41) is 3.00. The molecule has 1 aromatic rings. The second kappa shape index (κ2) is 6.89. The van der Waals surface area contributed by atoms with Gasteiger partial charge in [0.25, 0.3) is 0 Å². The van der Waals surface area contributed by atoms with Gasteiger partial charge in [0.1, 0.15) is 0 Å². The highest BCUT2D eigenvalue weighted by Crippen LogP contribution is 2.26. The summed E-state index contributed by atoms with van der Waals surface area (Å²) < 4.78 is 0. The number of benzene rings is 1. The number of hydrogen-bond donors (Lipinski definition) is 2. The first-order valence-electron chi connectivity index (χ1n) is 7.67. The molecule has 1 aliphatic carbocycles. The van der Waals surface area contributed by atoms with E-state index in [1.54, 1.807) is 0 Å². The van der Waals surface area contributed by atoms with Gasteiger partial charge in [0, 0.05) is 19.0 Å². The normalized spacial score (nSPS) is 22.2. The SMILES string of the molecule is CC(C)c1ccc(CNC(=O)C[C@@H]2CCC[C@H]2N)cc1. The van der Waals surface area contributed by atoms with Gasteiger partial charge in [-0.05, 0) is 35.8 Å². The predicted molar refractivity (Wildman–Crippen MR) is 82.3 cm³/mol. The van der Waals surface area contributed by atoms with Crippen molar-refractivity contribution in [3.8, 4) is 0 Å². The number of hydrogen-bond acceptors (Lipinski definition) is 2. The van der Waals surface area contributed by atoms with E-state index in [-0.39, 0.29) is 11.9 Å².